The standard InChI is InChI=1S/C27H22NO2/c1-19-26(22-15-9-4-10-16-22)30-27(29)25-18-23(20-11-5-2-6-12-20)17-24(28(19)25)21-13-7-3-8-14-21/h2-19,26H,1H3/q+1. The molecule has 4 aromatic rings. The molecule has 0 fully saturated rings. The van der Waals surface area contributed by atoms with Gasteiger partial charge in [0.2, 0.25) is 5.69 Å². The number of carbonyl (C=O) groups excluding carboxylic acids is 1. The van der Waals surface area contributed by atoms with E-state index in [-0.39, 0.29) is 18.1 Å². The molecule has 1 aliphatic rings. The highest BCUT2D eigenvalue weighted by atomic mass is 16.5. The van der Waals surface area contributed by atoms with Crippen molar-refractivity contribution in [2.24, 2.45) is 0 Å². The van der Waals surface area contributed by atoms with Crippen LogP contribution >= 0.6 is 0 Å². The second-order valence-electron chi connectivity index (χ2n) is 7.59. The number of ether oxygens (including phenoxy) is 1. The predicted octanol–water partition coefficient (Wildman–Crippen LogP) is 5.78. The third-order valence-corrected chi connectivity index (χ3v) is 5.70. The molecule has 0 bridgehead atoms. The highest BCUT2D eigenvalue weighted by Crippen LogP contribution is 2.35. The summed E-state index contributed by atoms with van der Waals surface area (Å²) in [5, 5.41) is 0. The number of nitrogens with zero attached hydrogens (tertiary/aromatic N) is 1. The van der Waals surface area contributed by atoms with Crippen molar-refractivity contribution in [3.8, 4) is 22.4 Å². The lowest BCUT2D eigenvalue weighted by atomic mass is 9.96. The lowest BCUT2D eigenvalue weighted by Gasteiger charge is -2.28. The van der Waals surface area contributed by atoms with Gasteiger partial charge in [0.1, 0.15) is 0 Å². The highest BCUT2D eigenvalue weighted by Gasteiger charge is 2.43. The van der Waals surface area contributed by atoms with Crippen LogP contribution in [-0.2, 0) is 4.74 Å². The SMILES string of the molecule is CC1C(c2ccccc2)OC(=O)c2cc(-c3ccccc3)cc(-c3ccccc3)[n+]21. The molecular weight excluding hydrogens is 370 g/mol. The number of hydrogen-bond donors (Lipinski definition) is 0. The van der Waals surface area contributed by atoms with Gasteiger partial charge in [-0.2, -0.15) is 4.57 Å². The van der Waals surface area contributed by atoms with Crippen LogP contribution in [0.1, 0.15) is 35.1 Å². The smallest absolute Gasteiger partial charge is 0.404 e. The number of carbonyl (C=O) groups is 1. The fraction of sp³-hybridized carbons (Fsp3) is 0.111. The first-order valence-corrected chi connectivity index (χ1v) is 10.2. The topological polar surface area (TPSA) is 30.2 Å². The van der Waals surface area contributed by atoms with Gasteiger partial charge in [-0.15, -0.1) is 0 Å². The van der Waals surface area contributed by atoms with Crippen molar-refractivity contribution in [1.82, 2.24) is 0 Å². The number of aromatic nitrogens is 1. The van der Waals surface area contributed by atoms with E-state index in [9.17, 15) is 4.79 Å². The van der Waals surface area contributed by atoms with Crippen LogP contribution in [0.25, 0.3) is 22.4 Å². The molecule has 0 radical (unpaired) electrons. The number of hydrogen-bond acceptors (Lipinski definition) is 2. The van der Waals surface area contributed by atoms with Crippen LogP contribution in [0.4, 0.5) is 0 Å². The molecule has 0 saturated heterocycles. The monoisotopic (exact) mass is 392 g/mol. The minimum absolute atomic E-state index is 0.0415. The average molecular weight is 392 g/mol. The zero-order valence-corrected chi connectivity index (χ0v) is 16.7. The van der Waals surface area contributed by atoms with Crippen molar-refractivity contribution in [1.29, 1.82) is 0 Å². The van der Waals surface area contributed by atoms with E-state index in [1.807, 2.05) is 72.8 Å². The first-order chi connectivity index (χ1) is 14.7. The minimum atomic E-state index is -0.332. The van der Waals surface area contributed by atoms with Crippen molar-refractivity contribution >= 4 is 5.97 Å². The van der Waals surface area contributed by atoms with Crippen molar-refractivity contribution in [2.75, 3.05) is 0 Å². The van der Waals surface area contributed by atoms with Gasteiger partial charge in [-0.25, -0.2) is 4.79 Å². The molecule has 3 nitrogen and oxygen atoms in total. The van der Waals surface area contributed by atoms with Crippen LogP contribution in [-0.4, -0.2) is 5.97 Å². The first kappa shape index (κ1) is 18.3. The van der Waals surface area contributed by atoms with Crippen LogP contribution in [0.15, 0.2) is 103 Å². The summed E-state index contributed by atoms with van der Waals surface area (Å²) in [6.07, 6.45) is -0.332. The Labute approximate surface area is 176 Å². The lowest BCUT2D eigenvalue weighted by Crippen LogP contribution is -2.53. The maximum atomic E-state index is 13.1. The van der Waals surface area contributed by atoms with Gasteiger partial charge in [-0.05, 0) is 28.8 Å². The van der Waals surface area contributed by atoms with E-state index >= 15 is 0 Å². The van der Waals surface area contributed by atoms with Crippen molar-refractivity contribution < 1.29 is 14.1 Å². The van der Waals surface area contributed by atoms with Crippen LogP contribution in [0.2, 0.25) is 0 Å². The summed E-state index contributed by atoms with van der Waals surface area (Å²) in [4.78, 5) is 13.1. The zero-order chi connectivity index (χ0) is 20.5. The molecule has 1 aromatic heterocycles. The van der Waals surface area contributed by atoms with Gasteiger partial charge in [-0.1, -0.05) is 78.9 Å². The number of rotatable bonds is 3. The summed E-state index contributed by atoms with van der Waals surface area (Å²) in [5.41, 5.74) is 5.74. The zero-order valence-electron chi connectivity index (χ0n) is 16.7. The van der Waals surface area contributed by atoms with Crippen LogP contribution < -0.4 is 4.57 Å². The summed E-state index contributed by atoms with van der Waals surface area (Å²) < 4.78 is 8.06. The second-order valence-corrected chi connectivity index (χ2v) is 7.59. The number of esters is 1. The van der Waals surface area contributed by atoms with E-state index in [0.29, 0.717) is 5.69 Å². The van der Waals surface area contributed by atoms with Gasteiger partial charge in [0.15, 0.2) is 12.1 Å². The summed E-state index contributed by atoms with van der Waals surface area (Å²) in [7, 11) is 0. The van der Waals surface area contributed by atoms with Gasteiger partial charge >= 0.3 is 5.97 Å². The lowest BCUT2D eigenvalue weighted by molar-refractivity contribution is -0.726. The van der Waals surface area contributed by atoms with Crippen LogP contribution in [0.5, 0.6) is 0 Å². The summed E-state index contributed by atoms with van der Waals surface area (Å²) >= 11 is 0. The Kier molecular flexibility index (Phi) is 4.64. The third-order valence-electron chi connectivity index (χ3n) is 5.70. The average Bonchev–Trinajstić information content (AvgIpc) is 2.82. The molecule has 2 heterocycles. The Bertz CT molecular complexity index is 1190. The van der Waals surface area contributed by atoms with Crippen LogP contribution in [0.3, 0.4) is 0 Å². The van der Waals surface area contributed by atoms with Crippen molar-refractivity contribution in [3.63, 3.8) is 0 Å². The van der Waals surface area contributed by atoms with Gasteiger partial charge in [0, 0.05) is 24.6 Å². The normalized spacial score (nSPS) is 17.8. The Morgan fingerprint density at radius 3 is 1.83 bits per heavy atom. The molecule has 2 unspecified atom stereocenters. The van der Waals surface area contributed by atoms with E-state index in [1.165, 1.54) is 0 Å². The molecule has 3 heteroatoms. The summed E-state index contributed by atoms with van der Waals surface area (Å²) in [5.74, 6) is -0.295. The van der Waals surface area contributed by atoms with Gasteiger partial charge in [0.05, 0.1) is 0 Å². The van der Waals surface area contributed by atoms with Gasteiger partial charge < -0.3 is 4.74 Å². The molecule has 3 aromatic carbocycles. The number of benzene rings is 3. The van der Waals surface area contributed by atoms with Crippen LogP contribution in [0, 0.1) is 0 Å². The van der Waals surface area contributed by atoms with Gasteiger partial charge in [-0.3, -0.25) is 0 Å². The molecule has 146 valence electrons. The van der Waals surface area contributed by atoms with E-state index < -0.39 is 0 Å². The summed E-state index contributed by atoms with van der Waals surface area (Å²) in [6.45, 7) is 2.11. The van der Waals surface area contributed by atoms with Gasteiger partial charge in [0.25, 0.3) is 5.69 Å². The Morgan fingerprint density at radius 2 is 1.20 bits per heavy atom. The Hall–Kier alpha value is -3.72. The molecule has 2 atom stereocenters. The number of fused-ring (bicyclic) bond motifs is 1. The molecule has 5 rings (SSSR count). The fourth-order valence-corrected chi connectivity index (χ4v) is 4.23. The minimum Gasteiger partial charge on any atom is -0.442 e. The Morgan fingerprint density at radius 1 is 0.667 bits per heavy atom. The number of pyridine rings is 1. The van der Waals surface area contributed by atoms with E-state index in [2.05, 4.69) is 41.8 Å². The first-order valence-electron chi connectivity index (χ1n) is 10.2. The third kappa shape index (κ3) is 3.18. The number of cyclic esters (lactones) is 1. The molecule has 0 amide bonds. The Balaban J connectivity index is 1.73. The van der Waals surface area contributed by atoms with Crippen molar-refractivity contribution in [3.05, 3.63) is 114 Å². The predicted molar refractivity (Wildman–Crippen MR) is 117 cm³/mol. The maximum absolute atomic E-state index is 13.1. The molecule has 30 heavy (non-hydrogen) atoms. The molecule has 0 aliphatic carbocycles. The maximum Gasteiger partial charge on any atom is 0.404 e. The summed E-state index contributed by atoms with van der Waals surface area (Å²) in [6, 6.07) is 34.4. The second kappa shape index (κ2) is 7.60. The molecule has 0 spiro atoms. The fourth-order valence-electron chi connectivity index (χ4n) is 4.23. The van der Waals surface area contributed by atoms with E-state index in [4.69, 9.17) is 4.74 Å². The quantitative estimate of drug-likeness (QED) is 0.327. The highest BCUT2D eigenvalue weighted by molar-refractivity contribution is 5.89. The molecular formula is C27H22NO2+. The largest absolute Gasteiger partial charge is 0.442 e. The molecule has 0 saturated carbocycles. The van der Waals surface area contributed by atoms with Crippen molar-refractivity contribution in [2.45, 2.75) is 19.1 Å². The van der Waals surface area contributed by atoms with E-state index in [1.54, 1.807) is 0 Å². The molecule has 0 N–H and O–H groups in total. The van der Waals surface area contributed by atoms with E-state index in [0.717, 1.165) is 27.9 Å². The molecule has 1 aliphatic heterocycles.